The van der Waals surface area contributed by atoms with Crippen molar-refractivity contribution in [3.05, 3.63) is 59.7 Å². The fourth-order valence-corrected chi connectivity index (χ4v) is 2.36. The van der Waals surface area contributed by atoms with Crippen LogP contribution in [0.3, 0.4) is 0 Å². The zero-order valence-electron chi connectivity index (χ0n) is 14.5. The van der Waals surface area contributed by atoms with E-state index in [-0.39, 0.29) is 24.0 Å². The molecular weight excluding hydrogens is 413 g/mol. The Kier molecular flexibility index (Phi) is 9.41. The minimum atomic E-state index is 0. The summed E-state index contributed by atoms with van der Waals surface area (Å²) in [6, 6.07) is 17.1. The number of aryl methyl sites for hydroxylation is 1. The summed E-state index contributed by atoms with van der Waals surface area (Å²) in [5.74, 6) is 0.781. The van der Waals surface area contributed by atoms with Crippen LogP contribution in [0, 0.1) is 6.92 Å². The number of aliphatic imine (C=N–C) groups is 1. The highest BCUT2D eigenvalue weighted by Gasteiger charge is 2.01. The molecule has 0 aromatic heterocycles. The number of ether oxygens (including phenoxy) is 1. The summed E-state index contributed by atoms with van der Waals surface area (Å²) in [4.78, 5) is 4.21. The maximum Gasteiger partial charge on any atom is 0.191 e. The number of hydrogen-bond acceptors (Lipinski definition) is 2. The number of guanidine groups is 1. The van der Waals surface area contributed by atoms with Crippen LogP contribution in [0.25, 0.3) is 11.1 Å². The van der Waals surface area contributed by atoms with Crippen molar-refractivity contribution in [3.63, 3.8) is 0 Å². The Morgan fingerprint density at radius 2 is 1.75 bits per heavy atom. The van der Waals surface area contributed by atoms with Gasteiger partial charge in [-0.1, -0.05) is 48.0 Å². The average molecular weight is 439 g/mol. The lowest BCUT2D eigenvalue weighted by atomic mass is 10.0. The molecule has 0 fully saturated rings. The van der Waals surface area contributed by atoms with Gasteiger partial charge in [-0.3, -0.25) is 4.99 Å². The summed E-state index contributed by atoms with van der Waals surface area (Å²) in [6.07, 6.45) is 0. The van der Waals surface area contributed by atoms with Gasteiger partial charge in [0.25, 0.3) is 0 Å². The van der Waals surface area contributed by atoms with E-state index in [1.165, 1.54) is 22.3 Å². The van der Waals surface area contributed by atoms with Crippen LogP contribution in [-0.2, 0) is 11.3 Å². The van der Waals surface area contributed by atoms with Gasteiger partial charge < -0.3 is 15.4 Å². The molecule has 4 nitrogen and oxygen atoms in total. The maximum atomic E-state index is 5.03. The van der Waals surface area contributed by atoms with E-state index in [0.717, 1.165) is 19.0 Å². The first-order valence-electron chi connectivity index (χ1n) is 7.82. The zero-order chi connectivity index (χ0) is 16.5. The van der Waals surface area contributed by atoms with Gasteiger partial charge in [0.2, 0.25) is 0 Å². The topological polar surface area (TPSA) is 45.7 Å². The fraction of sp³-hybridized carbons (Fsp3) is 0.316. The summed E-state index contributed by atoms with van der Waals surface area (Å²) in [6.45, 7) is 4.24. The van der Waals surface area contributed by atoms with Gasteiger partial charge in [-0.15, -0.1) is 24.0 Å². The molecule has 5 heteroatoms. The first-order chi connectivity index (χ1) is 11.2. The lowest BCUT2D eigenvalue weighted by molar-refractivity contribution is 0.203. The predicted molar refractivity (Wildman–Crippen MR) is 112 cm³/mol. The van der Waals surface area contributed by atoms with Gasteiger partial charge in [0.15, 0.2) is 5.96 Å². The summed E-state index contributed by atoms with van der Waals surface area (Å²) >= 11 is 0. The third kappa shape index (κ3) is 6.49. The van der Waals surface area contributed by atoms with Gasteiger partial charge in [0.1, 0.15) is 0 Å². The number of rotatable bonds is 6. The molecular formula is C19H26IN3O. The summed E-state index contributed by atoms with van der Waals surface area (Å²) < 4.78 is 5.03. The van der Waals surface area contributed by atoms with Crippen molar-refractivity contribution < 1.29 is 4.74 Å². The number of nitrogens with zero attached hydrogens (tertiary/aromatic N) is 1. The molecule has 0 aliphatic carbocycles. The van der Waals surface area contributed by atoms with E-state index in [4.69, 9.17) is 4.74 Å². The van der Waals surface area contributed by atoms with Crippen LogP contribution in [0.15, 0.2) is 53.5 Å². The Morgan fingerprint density at radius 1 is 1.04 bits per heavy atom. The van der Waals surface area contributed by atoms with E-state index in [1.54, 1.807) is 14.2 Å². The molecule has 0 aliphatic heterocycles. The molecule has 24 heavy (non-hydrogen) atoms. The molecule has 0 saturated carbocycles. The molecule has 130 valence electrons. The molecule has 0 atom stereocenters. The number of benzene rings is 2. The van der Waals surface area contributed by atoms with Crippen LogP contribution in [0.4, 0.5) is 0 Å². The van der Waals surface area contributed by atoms with E-state index in [0.29, 0.717) is 6.61 Å². The number of nitrogens with one attached hydrogen (secondary N) is 2. The minimum absolute atomic E-state index is 0. The van der Waals surface area contributed by atoms with Crippen molar-refractivity contribution in [1.29, 1.82) is 0 Å². The predicted octanol–water partition coefficient (Wildman–Crippen LogP) is 3.59. The molecule has 0 saturated heterocycles. The Balaban J connectivity index is 0.00000288. The highest BCUT2D eigenvalue weighted by Crippen LogP contribution is 2.21. The zero-order valence-corrected chi connectivity index (χ0v) is 16.8. The SMILES string of the molecule is CN=C(NCCOC)NCc1cccc(-c2cccc(C)c2)c1.I. The van der Waals surface area contributed by atoms with E-state index < -0.39 is 0 Å². The quantitative estimate of drug-likeness (QED) is 0.313. The smallest absolute Gasteiger partial charge is 0.191 e. The number of halogens is 1. The monoisotopic (exact) mass is 439 g/mol. The second-order valence-electron chi connectivity index (χ2n) is 5.42. The lowest BCUT2D eigenvalue weighted by Crippen LogP contribution is -2.38. The largest absolute Gasteiger partial charge is 0.383 e. The summed E-state index contributed by atoms with van der Waals surface area (Å²) in [5, 5.41) is 6.53. The van der Waals surface area contributed by atoms with Gasteiger partial charge in [-0.2, -0.15) is 0 Å². The molecule has 0 unspecified atom stereocenters. The van der Waals surface area contributed by atoms with Gasteiger partial charge in [0.05, 0.1) is 6.61 Å². The Labute approximate surface area is 161 Å². The molecule has 0 aliphatic rings. The Bertz CT molecular complexity index is 659. The van der Waals surface area contributed by atoms with Gasteiger partial charge in [0, 0.05) is 27.2 Å². The van der Waals surface area contributed by atoms with E-state index in [9.17, 15) is 0 Å². The molecule has 0 heterocycles. The van der Waals surface area contributed by atoms with Crippen molar-refractivity contribution in [2.24, 2.45) is 4.99 Å². The van der Waals surface area contributed by atoms with Gasteiger partial charge >= 0.3 is 0 Å². The highest BCUT2D eigenvalue weighted by atomic mass is 127. The molecule has 2 aromatic rings. The van der Waals surface area contributed by atoms with Crippen LogP contribution in [0.2, 0.25) is 0 Å². The van der Waals surface area contributed by atoms with Crippen molar-refractivity contribution in [3.8, 4) is 11.1 Å². The second-order valence-corrected chi connectivity index (χ2v) is 5.42. The normalized spacial score (nSPS) is 10.9. The van der Waals surface area contributed by atoms with E-state index in [2.05, 4.69) is 71.1 Å². The van der Waals surface area contributed by atoms with Crippen LogP contribution in [-0.4, -0.2) is 33.3 Å². The Morgan fingerprint density at radius 3 is 2.42 bits per heavy atom. The third-order valence-electron chi connectivity index (χ3n) is 3.56. The van der Waals surface area contributed by atoms with Crippen molar-refractivity contribution in [2.45, 2.75) is 13.5 Å². The molecule has 0 bridgehead atoms. The number of methoxy groups -OCH3 is 1. The molecule has 2 rings (SSSR count). The highest BCUT2D eigenvalue weighted by molar-refractivity contribution is 14.0. The molecule has 0 amide bonds. The van der Waals surface area contributed by atoms with Crippen molar-refractivity contribution >= 4 is 29.9 Å². The maximum absolute atomic E-state index is 5.03. The van der Waals surface area contributed by atoms with Gasteiger partial charge in [-0.25, -0.2) is 0 Å². The van der Waals surface area contributed by atoms with Gasteiger partial charge in [-0.05, 0) is 29.7 Å². The van der Waals surface area contributed by atoms with E-state index >= 15 is 0 Å². The Hall–Kier alpha value is -1.60. The van der Waals surface area contributed by atoms with Crippen LogP contribution in [0.5, 0.6) is 0 Å². The number of hydrogen-bond donors (Lipinski definition) is 2. The summed E-state index contributed by atoms with van der Waals surface area (Å²) in [7, 11) is 3.46. The molecule has 2 N–H and O–H groups in total. The van der Waals surface area contributed by atoms with Crippen LogP contribution >= 0.6 is 24.0 Å². The molecule has 2 aromatic carbocycles. The van der Waals surface area contributed by atoms with E-state index in [1.807, 2.05) is 0 Å². The molecule has 0 radical (unpaired) electrons. The van der Waals surface area contributed by atoms with Crippen molar-refractivity contribution in [1.82, 2.24) is 10.6 Å². The third-order valence-corrected chi connectivity index (χ3v) is 3.56. The first kappa shape index (κ1) is 20.4. The summed E-state index contributed by atoms with van der Waals surface area (Å²) in [5.41, 5.74) is 4.97. The van der Waals surface area contributed by atoms with Crippen LogP contribution < -0.4 is 10.6 Å². The fourth-order valence-electron chi connectivity index (χ4n) is 2.36. The first-order valence-corrected chi connectivity index (χ1v) is 7.82. The van der Waals surface area contributed by atoms with Crippen LogP contribution in [0.1, 0.15) is 11.1 Å². The molecule has 0 spiro atoms. The second kappa shape index (κ2) is 11.0. The average Bonchev–Trinajstić information content (AvgIpc) is 2.58. The van der Waals surface area contributed by atoms with Crippen molar-refractivity contribution in [2.75, 3.05) is 27.3 Å². The standard InChI is InChI=1S/C19H25N3O.HI/c1-15-6-4-8-17(12-15)18-9-5-7-16(13-18)14-22-19(20-2)21-10-11-23-3;/h4-9,12-13H,10-11,14H2,1-3H3,(H2,20,21,22);1H. The lowest BCUT2D eigenvalue weighted by Gasteiger charge is -2.12. The minimum Gasteiger partial charge on any atom is -0.383 e.